The average Bonchev–Trinajstić information content (AvgIpc) is 2.37. The molecule has 4 nitrogen and oxygen atoms in total. The van der Waals surface area contributed by atoms with Crippen LogP contribution >= 0.6 is 0 Å². The number of nitrogens with two attached hydrogens (primary N) is 2. The molecule has 0 saturated heterocycles. The van der Waals surface area contributed by atoms with Crippen LogP contribution in [0.25, 0.3) is 0 Å². The molecule has 4 heteroatoms. The third kappa shape index (κ3) is 5.47. The van der Waals surface area contributed by atoms with Crippen LogP contribution in [0.3, 0.4) is 0 Å². The van der Waals surface area contributed by atoms with Gasteiger partial charge >= 0.3 is 0 Å². The van der Waals surface area contributed by atoms with Gasteiger partial charge in [0.1, 0.15) is 0 Å². The molecular formula is C14H25N3O. The van der Waals surface area contributed by atoms with Crippen LogP contribution in [0, 0.1) is 5.21 Å². The lowest BCUT2D eigenvalue weighted by Gasteiger charge is -2.06. The summed E-state index contributed by atoms with van der Waals surface area (Å²) in [6, 6.07) is 4.01. The van der Waals surface area contributed by atoms with Crippen LogP contribution in [0.5, 0.6) is 0 Å². The van der Waals surface area contributed by atoms with Gasteiger partial charge in [0.2, 0.25) is 0 Å². The molecule has 0 aliphatic heterocycles. The summed E-state index contributed by atoms with van der Waals surface area (Å²) in [5.41, 5.74) is 12.8. The molecule has 0 amide bonds. The Morgan fingerprint density at radius 3 is 2.22 bits per heavy atom. The van der Waals surface area contributed by atoms with Crippen molar-refractivity contribution >= 4 is 0 Å². The summed E-state index contributed by atoms with van der Waals surface area (Å²) in [6.45, 7) is 1.44. The molecule has 0 aliphatic carbocycles. The van der Waals surface area contributed by atoms with E-state index < -0.39 is 0 Å². The molecule has 0 atom stereocenters. The summed E-state index contributed by atoms with van der Waals surface area (Å²) in [4.78, 5) is 0. The SMILES string of the molecule is NCCCCCc1ccc(CCCCN)[n+]([O-])c1. The van der Waals surface area contributed by atoms with E-state index >= 15 is 0 Å². The van der Waals surface area contributed by atoms with Gasteiger partial charge in [0.05, 0.1) is 0 Å². The fourth-order valence-corrected chi connectivity index (χ4v) is 2.00. The van der Waals surface area contributed by atoms with Crippen molar-refractivity contribution in [3.05, 3.63) is 34.8 Å². The summed E-state index contributed by atoms with van der Waals surface area (Å²) < 4.78 is 1.01. The van der Waals surface area contributed by atoms with Crippen molar-refractivity contribution in [3.8, 4) is 0 Å². The van der Waals surface area contributed by atoms with Crippen molar-refractivity contribution in [2.45, 2.75) is 44.9 Å². The molecule has 0 saturated carbocycles. The van der Waals surface area contributed by atoms with E-state index in [0.29, 0.717) is 6.54 Å². The molecule has 18 heavy (non-hydrogen) atoms. The lowest BCUT2D eigenvalue weighted by molar-refractivity contribution is -0.614. The van der Waals surface area contributed by atoms with E-state index in [2.05, 4.69) is 6.07 Å². The van der Waals surface area contributed by atoms with Gasteiger partial charge in [0.15, 0.2) is 11.9 Å². The van der Waals surface area contributed by atoms with Crippen molar-refractivity contribution in [2.75, 3.05) is 13.1 Å². The first kappa shape index (κ1) is 14.9. The van der Waals surface area contributed by atoms with Gasteiger partial charge in [-0.2, -0.15) is 4.73 Å². The quantitative estimate of drug-likeness (QED) is 0.394. The number of hydrogen-bond acceptors (Lipinski definition) is 3. The largest absolute Gasteiger partial charge is 0.618 e. The Labute approximate surface area is 110 Å². The maximum absolute atomic E-state index is 11.8. The average molecular weight is 251 g/mol. The smallest absolute Gasteiger partial charge is 0.192 e. The second kappa shape index (κ2) is 8.89. The van der Waals surface area contributed by atoms with Crippen LogP contribution in [0.15, 0.2) is 18.3 Å². The predicted molar refractivity (Wildman–Crippen MR) is 74.0 cm³/mol. The standard InChI is InChI=1S/C14H25N3O/c15-10-4-1-2-6-13-8-9-14(17(18)12-13)7-3-5-11-16/h8-9,12H,1-7,10-11,15-16H2. The predicted octanol–water partition coefficient (Wildman–Crippen LogP) is 1.27. The van der Waals surface area contributed by atoms with Gasteiger partial charge in [0, 0.05) is 18.1 Å². The van der Waals surface area contributed by atoms with Gasteiger partial charge in [0.25, 0.3) is 0 Å². The van der Waals surface area contributed by atoms with Crippen LogP contribution in [-0.4, -0.2) is 13.1 Å². The highest BCUT2D eigenvalue weighted by Crippen LogP contribution is 2.07. The van der Waals surface area contributed by atoms with Crippen molar-refractivity contribution < 1.29 is 4.73 Å². The maximum Gasteiger partial charge on any atom is 0.192 e. The lowest BCUT2D eigenvalue weighted by Crippen LogP contribution is -2.32. The molecule has 1 aromatic rings. The van der Waals surface area contributed by atoms with E-state index in [0.717, 1.165) is 67.5 Å². The molecule has 102 valence electrons. The third-order valence-electron chi connectivity index (χ3n) is 3.11. The van der Waals surface area contributed by atoms with E-state index in [9.17, 15) is 5.21 Å². The fraction of sp³-hybridized carbons (Fsp3) is 0.643. The first-order valence-corrected chi connectivity index (χ1v) is 6.89. The normalized spacial score (nSPS) is 10.8. The summed E-state index contributed by atoms with van der Waals surface area (Å²) in [7, 11) is 0. The van der Waals surface area contributed by atoms with Crippen molar-refractivity contribution in [3.63, 3.8) is 0 Å². The molecule has 4 N–H and O–H groups in total. The van der Waals surface area contributed by atoms with Crippen molar-refractivity contribution in [1.82, 2.24) is 0 Å². The van der Waals surface area contributed by atoms with Gasteiger partial charge in [-0.15, -0.1) is 0 Å². The maximum atomic E-state index is 11.8. The number of pyridine rings is 1. The Bertz CT molecular complexity index is 342. The highest BCUT2D eigenvalue weighted by molar-refractivity contribution is 5.10. The van der Waals surface area contributed by atoms with Gasteiger partial charge in [-0.25, -0.2) is 0 Å². The number of nitrogens with zero attached hydrogens (tertiary/aromatic N) is 1. The zero-order valence-electron chi connectivity index (χ0n) is 11.1. The second-order valence-corrected chi connectivity index (χ2v) is 4.70. The number of aryl methyl sites for hydroxylation is 2. The van der Waals surface area contributed by atoms with Gasteiger partial charge < -0.3 is 16.7 Å². The summed E-state index contributed by atoms with van der Waals surface area (Å²) in [6.07, 6.45) is 8.74. The molecule has 1 aromatic heterocycles. The number of rotatable bonds is 9. The molecule has 0 spiro atoms. The Kier molecular flexibility index (Phi) is 7.37. The van der Waals surface area contributed by atoms with E-state index in [1.54, 1.807) is 6.20 Å². The van der Waals surface area contributed by atoms with Crippen LogP contribution in [-0.2, 0) is 12.8 Å². The van der Waals surface area contributed by atoms with Crippen LogP contribution in [0.4, 0.5) is 0 Å². The minimum atomic E-state index is 0.693. The zero-order valence-corrected chi connectivity index (χ0v) is 11.1. The number of unbranched alkanes of at least 4 members (excludes halogenated alkanes) is 3. The van der Waals surface area contributed by atoms with E-state index in [1.807, 2.05) is 6.07 Å². The van der Waals surface area contributed by atoms with Crippen LogP contribution < -0.4 is 16.2 Å². The number of aromatic nitrogens is 1. The molecule has 0 aliphatic rings. The first-order chi connectivity index (χ1) is 8.77. The molecule has 0 fully saturated rings. The van der Waals surface area contributed by atoms with Crippen molar-refractivity contribution in [1.29, 1.82) is 0 Å². The monoisotopic (exact) mass is 251 g/mol. The van der Waals surface area contributed by atoms with E-state index in [-0.39, 0.29) is 0 Å². The molecule has 1 heterocycles. The molecule has 0 aromatic carbocycles. The van der Waals surface area contributed by atoms with Crippen molar-refractivity contribution in [2.24, 2.45) is 11.5 Å². The molecule has 1 rings (SSSR count). The third-order valence-corrected chi connectivity index (χ3v) is 3.11. The van der Waals surface area contributed by atoms with Gasteiger partial charge in [-0.3, -0.25) is 0 Å². The summed E-state index contributed by atoms with van der Waals surface area (Å²) in [5.74, 6) is 0. The Hall–Kier alpha value is -1.13. The molecule has 0 radical (unpaired) electrons. The first-order valence-electron chi connectivity index (χ1n) is 6.89. The summed E-state index contributed by atoms with van der Waals surface area (Å²) in [5, 5.41) is 11.8. The highest BCUT2D eigenvalue weighted by atomic mass is 16.5. The summed E-state index contributed by atoms with van der Waals surface area (Å²) >= 11 is 0. The molecular weight excluding hydrogens is 226 g/mol. The van der Waals surface area contributed by atoms with Gasteiger partial charge in [-0.05, 0) is 51.3 Å². The lowest BCUT2D eigenvalue weighted by atomic mass is 10.1. The Morgan fingerprint density at radius 1 is 0.889 bits per heavy atom. The Balaban J connectivity index is 2.41. The van der Waals surface area contributed by atoms with Gasteiger partial charge in [-0.1, -0.05) is 6.42 Å². The molecule has 0 unspecified atom stereocenters. The topological polar surface area (TPSA) is 79.0 Å². The molecule has 0 bridgehead atoms. The van der Waals surface area contributed by atoms with E-state index in [4.69, 9.17) is 11.5 Å². The Morgan fingerprint density at radius 2 is 1.56 bits per heavy atom. The van der Waals surface area contributed by atoms with Crippen LogP contribution in [0.1, 0.15) is 43.4 Å². The second-order valence-electron chi connectivity index (χ2n) is 4.70. The fourth-order valence-electron chi connectivity index (χ4n) is 2.00. The minimum Gasteiger partial charge on any atom is -0.618 e. The van der Waals surface area contributed by atoms with Crippen LogP contribution in [0.2, 0.25) is 0 Å². The van der Waals surface area contributed by atoms with E-state index in [1.165, 1.54) is 0 Å². The highest BCUT2D eigenvalue weighted by Gasteiger charge is 2.06. The zero-order chi connectivity index (χ0) is 13.2. The minimum absolute atomic E-state index is 0.693. The number of hydrogen-bond donors (Lipinski definition) is 2.